The van der Waals surface area contributed by atoms with Crippen LogP contribution in [0.4, 0.5) is 0 Å². The number of Topliss-reactive ketones (excluding diaryl/α,β-unsaturated/α-hetero) is 2. The second-order valence-electron chi connectivity index (χ2n) is 11.1. The third-order valence-electron chi connectivity index (χ3n) is 8.97. The standard InChI is InChI=1S/C27H37NO10/c1-14(31)37-17-11-26(2)16(5-6-18(26)32)20-22(17)27(3)19(13-36-4)38-25(35)15(21(27)24(34)23(20)33)12-28(7-9-29)8-10-30/h12,16-19,21,29-30,32H,5-11,13H2,1-4H3. The number of ketones is 2. The average molecular weight is 536 g/mol. The Hall–Kier alpha value is -2.60. The van der Waals surface area contributed by atoms with Crippen LogP contribution in [0.15, 0.2) is 22.9 Å². The number of cyclic esters (lactones) is 1. The first kappa shape index (κ1) is 28.4. The van der Waals surface area contributed by atoms with Crippen molar-refractivity contribution in [2.24, 2.45) is 22.7 Å². The maximum absolute atomic E-state index is 14.0. The molecular weight excluding hydrogens is 498 g/mol. The lowest BCUT2D eigenvalue weighted by atomic mass is 9.50. The fraction of sp³-hybridized carbons (Fsp3) is 0.704. The number of ether oxygens (including phenoxy) is 3. The Balaban J connectivity index is 1.98. The Bertz CT molecular complexity index is 1080. The van der Waals surface area contributed by atoms with Crippen LogP contribution in [0.5, 0.6) is 0 Å². The quantitative estimate of drug-likeness (QED) is 0.217. The number of nitrogens with zero attached hydrogens (tertiary/aromatic N) is 1. The molecule has 4 aliphatic rings. The number of hydrogen-bond acceptors (Lipinski definition) is 11. The molecule has 3 N–H and O–H groups in total. The number of aliphatic hydroxyl groups is 3. The van der Waals surface area contributed by atoms with Gasteiger partial charge >= 0.3 is 11.9 Å². The average Bonchev–Trinajstić information content (AvgIpc) is 3.13. The lowest BCUT2D eigenvalue weighted by Crippen LogP contribution is -2.63. The van der Waals surface area contributed by atoms with Gasteiger partial charge in [0.05, 0.1) is 37.4 Å². The van der Waals surface area contributed by atoms with Gasteiger partial charge in [0.2, 0.25) is 11.6 Å². The molecule has 210 valence electrons. The predicted octanol–water partition coefficient (Wildman–Crippen LogP) is -0.0878. The molecule has 7 unspecified atom stereocenters. The van der Waals surface area contributed by atoms with Crippen molar-refractivity contribution in [2.75, 3.05) is 40.0 Å². The normalized spacial score (nSPS) is 37.5. The molecule has 7 atom stereocenters. The number of carbonyl (C=O) groups excluding carboxylic acids is 4. The number of allylic oxidation sites excluding steroid dienone is 1. The highest BCUT2D eigenvalue weighted by molar-refractivity contribution is 6.47. The Kier molecular flexibility index (Phi) is 7.86. The molecule has 0 aromatic carbocycles. The zero-order valence-corrected chi connectivity index (χ0v) is 22.3. The maximum atomic E-state index is 14.0. The molecule has 0 radical (unpaired) electrons. The van der Waals surface area contributed by atoms with Gasteiger partial charge in [-0.25, -0.2) is 4.79 Å². The molecule has 11 nitrogen and oxygen atoms in total. The molecule has 2 fully saturated rings. The van der Waals surface area contributed by atoms with E-state index in [0.717, 1.165) is 0 Å². The monoisotopic (exact) mass is 535 g/mol. The molecule has 0 aromatic rings. The first-order valence-electron chi connectivity index (χ1n) is 13.0. The topological polar surface area (TPSA) is 160 Å². The Morgan fingerprint density at radius 3 is 2.39 bits per heavy atom. The summed E-state index contributed by atoms with van der Waals surface area (Å²) >= 11 is 0. The van der Waals surface area contributed by atoms with Crippen molar-refractivity contribution in [3.63, 3.8) is 0 Å². The highest BCUT2D eigenvalue weighted by Crippen LogP contribution is 2.63. The van der Waals surface area contributed by atoms with E-state index in [1.165, 1.54) is 25.1 Å². The van der Waals surface area contributed by atoms with Crippen LogP contribution >= 0.6 is 0 Å². The summed E-state index contributed by atoms with van der Waals surface area (Å²) in [6.45, 7) is 4.38. The summed E-state index contributed by atoms with van der Waals surface area (Å²) in [7, 11) is 1.43. The van der Waals surface area contributed by atoms with Gasteiger partial charge in [-0.15, -0.1) is 0 Å². The molecular formula is C27H37NO10. The van der Waals surface area contributed by atoms with Gasteiger partial charge in [-0.3, -0.25) is 14.4 Å². The fourth-order valence-electron chi connectivity index (χ4n) is 7.18. The van der Waals surface area contributed by atoms with Crippen molar-refractivity contribution in [3.05, 3.63) is 22.9 Å². The summed E-state index contributed by atoms with van der Waals surface area (Å²) in [6, 6.07) is 0. The fourth-order valence-corrected chi connectivity index (χ4v) is 7.18. The highest BCUT2D eigenvalue weighted by Gasteiger charge is 2.67. The van der Waals surface area contributed by atoms with E-state index >= 15 is 0 Å². The highest BCUT2D eigenvalue weighted by atomic mass is 16.6. The molecule has 1 saturated carbocycles. The SMILES string of the molecule is COCC1OC(=O)C(=CN(CCO)CCO)C2C(=O)C(=O)C3=C(C(OC(C)=O)CC4(C)C(O)CCC34)C12C. The Morgan fingerprint density at radius 2 is 1.82 bits per heavy atom. The van der Waals surface area contributed by atoms with Gasteiger partial charge < -0.3 is 34.4 Å². The first-order valence-corrected chi connectivity index (χ1v) is 13.0. The summed E-state index contributed by atoms with van der Waals surface area (Å²) in [5, 5.41) is 29.8. The lowest BCUT2D eigenvalue weighted by Gasteiger charge is -2.56. The van der Waals surface area contributed by atoms with Crippen molar-refractivity contribution >= 4 is 23.5 Å². The van der Waals surface area contributed by atoms with Crippen molar-refractivity contribution in [2.45, 2.75) is 58.3 Å². The predicted molar refractivity (Wildman–Crippen MR) is 131 cm³/mol. The maximum Gasteiger partial charge on any atom is 0.336 e. The molecule has 3 aliphatic carbocycles. The Labute approximate surface area is 221 Å². The van der Waals surface area contributed by atoms with Crippen LogP contribution in [0.3, 0.4) is 0 Å². The van der Waals surface area contributed by atoms with E-state index in [4.69, 9.17) is 14.2 Å². The smallest absolute Gasteiger partial charge is 0.336 e. The van der Waals surface area contributed by atoms with Crippen LogP contribution in [-0.4, -0.2) is 102 Å². The van der Waals surface area contributed by atoms with Crippen LogP contribution < -0.4 is 0 Å². The van der Waals surface area contributed by atoms with Crippen LogP contribution in [0.25, 0.3) is 0 Å². The van der Waals surface area contributed by atoms with Crippen LogP contribution in [0, 0.1) is 22.7 Å². The number of rotatable bonds is 8. The summed E-state index contributed by atoms with van der Waals surface area (Å²) in [6.07, 6.45) is -0.106. The first-order chi connectivity index (χ1) is 17.9. The molecule has 1 aliphatic heterocycles. The van der Waals surface area contributed by atoms with Crippen LogP contribution in [-0.2, 0) is 33.4 Å². The Morgan fingerprint density at radius 1 is 1.16 bits per heavy atom. The van der Waals surface area contributed by atoms with Crippen molar-refractivity contribution in [1.29, 1.82) is 0 Å². The van der Waals surface area contributed by atoms with Gasteiger partial charge in [0.15, 0.2) is 0 Å². The number of esters is 2. The molecule has 0 spiro atoms. The molecule has 0 amide bonds. The number of fused-ring (bicyclic) bond motifs is 4. The third kappa shape index (κ3) is 4.29. The third-order valence-corrected chi connectivity index (χ3v) is 8.97. The minimum absolute atomic E-state index is 0.0708. The van der Waals surface area contributed by atoms with E-state index in [1.54, 1.807) is 6.92 Å². The number of aliphatic hydroxyl groups excluding tert-OH is 3. The number of carbonyl (C=O) groups is 4. The van der Waals surface area contributed by atoms with E-state index in [2.05, 4.69) is 0 Å². The van der Waals surface area contributed by atoms with E-state index in [9.17, 15) is 34.5 Å². The molecule has 11 heteroatoms. The zero-order valence-electron chi connectivity index (χ0n) is 22.3. The largest absolute Gasteiger partial charge is 0.458 e. The van der Waals surface area contributed by atoms with E-state index in [0.29, 0.717) is 18.4 Å². The zero-order chi connectivity index (χ0) is 28.0. The molecule has 38 heavy (non-hydrogen) atoms. The van der Waals surface area contributed by atoms with Crippen LogP contribution in [0.2, 0.25) is 0 Å². The lowest BCUT2D eigenvalue weighted by molar-refractivity contribution is -0.175. The van der Waals surface area contributed by atoms with Gasteiger partial charge in [0.25, 0.3) is 0 Å². The number of hydrogen-bond donors (Lipinski definition) is 3. The molecule has 0 bridgehead atoms. The van der Waals surface area contributed by atoms with Crippen molar-refractivity contribution < 1.29 is 48.7 Å². The van der Waals surface area contributed by atoms with Crippen molar-refractivity contribution in [3.8, 4) is 0 Å². The molecule has 1 heterocycles. The minimum Gasteiger partial charge on any atom is -0.458 e. The van der Waals surface area contributed by atoms with E-state index in [1.807, 2.05) is 6.92 Å². The second-order valence-corrected chi connectivity index (χ2v) is 11.1. The van der Waals surface area contributed by atoms with Gasteiger partial charge in [-0.2, -0.15) is 0 Å². The van der Waals surface area contributed by atoms with Gasteiger partial charge in [-0.05, 0) is 30.8 Å². The molecule has 0 aromatic heterocycles. The summed E-state index contributed by atoms with van der Waals surface area (Å²) < 4.78 is 17.0. The van der Waals surface area contributed by atoms with E-state index < -0.39 is 64.5 Å². The second kappa shape index (κ2) is 10.5. The van der Waals surface area contributed by atoms with Gasteiger partial charge in [0.1, 0.15) is 12.2 Å². The summed E-state index contributed by atoms with van der Waals surface area (Å²) in [4.78, 5) is 54.9. The van der Waals surface area contributed by atoms with Gasteiger partial charge in [-0.1, -0.05) is 13.8 Å². The van der Waals surface area contributed by atoms with Crippen molar-refractivity contribution in [1.82, 2.24) is 4.90 Å². The minimum atomic E-state index is -1.30. The summed E-state index contributed by atoms with van der Waals surface area (Å²) in [5.74, 6) is -4.61. The molecule has 1 saturated heterocycles. The van der Waals surface area contributed by atoms with E-state index in [-0.39, 0.29) is 50.5 Å². The number of methoxy groups -OCH3 is 1. The van der Waals surface area contributed by atoms with Crippen LogP contribution in [0.1, 0.15) is 40.0 Å². The van der Waals surface area contributed by atoms with Gasteiger partial charge in [0, 0.05) is 49.7 Å². The molecule has 4 rings (SSSR count). The summed E-state index contributed by atoms with van der Waals surface area (Å²) in [5.41, 5.74) is -1.47.